The normalized spacial score (nSPS) is 44.3. The first kappa shape index (κ1) is 13.6. The molecular formula is C11H20O5. The molecule has 0 aliphatic carbocycles. The summed E-state index contributed by atoms with van der Waals surface area (Å²) < 4.78 is 10.5. The Kier molecular flexibility index (Phi) is 4.43. The number of carbonyl (C=O) groups excluding carboxylic acids is 1. The van der Waals surface area contributed by atoms with Gasteiger partial charge in [0.15, 0.2) is 0 Å². The monoisotopic (exact) mass is 232 g/mol. The van der Waals surface area contributed by atoms with Gasteiger partial charge in [0, 0.05) is 7.11 Å². The van der Waals surface area contributed by atoms with Gasteiger partial charge in [-0.3, -0.25) is 0 Å². The Morgan fingerprint density at radius 1 is 1.50 bits per heavy atom. The standard InChI is InChI=1S/C11H20O5/c1-4-7-9(13)10(14)11(2,6-15-3)8(5-12)16-7/h5,7-10,13-14H,4,6H2,1-3H3. The van der Waals surface area contributed by atoms with Crippen molar-refractivity contribution in [3.8, 4) is 0 Å². The number of hydrogen-bond donors (Lipinski definition) is 2. The topological polar surface area (TPSA) is 76.0 Å². The number of ether oxygens (including phenoxy) is 2. The van der Waals surface area contributed by atoms with Gasteiger partial charge in [-0.15, -0.1) is 0 Å². The molecule has 1 aliphatic rings. The molecular weight excluding hydrogens is 212 g/mol. The van der Waals surface area contributed by atoms with E-state index in [1.165, 1.54) is 7.11 Å². The Labute approximate surface area is 95.4 Å². The summed E-state index contributed by atoms with van der Waals surface area (Å²) in [5, 5.41) is 19.9. The van der Waals surface area contributed by atoms with E-state index in [1.807, 2.05) is 6.92 Å². The highest BCUT2D eigenvalue weighted by Crippen LogP contribution is 2.37. The van der Waals surface area contributed by atoms with Crippen LogP contribution in [0.1, 0.15) is 20.3 Å². The van der Waals surface area contributed by atoms with E-state index in [4.69, 9.17) is 9.47 Å². The molecule has 1 saturated heterocycles. The summed E-state index contributed by atoms with van der Waals surface area (Å²) in [4.78, 5) is 11.0. The summed E-state index contributed by atoms with van der Waals surface area (Å²) in [5.41, 5.74) is -0.901. The minimum absolute atomic E-state index is 0.158. The molecule has 0 spiro atoms. The Morgan fingerprint density at radius 2 is 2.12 bits per heavy atom. The molecule has 0 saturated carbocycles. The van der Waals surface area contributed by atoms with Crippen LogP contribution in [-0.4, -0.2) is 54.6 Å². The van der Waals surface area contributed by atoms with E-state index in [2.05, 4.69) is 0 Å². The molecule has 5 atom stereocenters. The Morgan fingerprint density at radius 3 is 2.56 bits per heavy atom. The van der Waals surface area contributed by atoms with E-state index in [0.717, 1.165) is 0 Å². The Bertz CT molecular complexity index is 245. The lowest BCUT2D eigenvalue weighted by Crippen LogP contribution is -2.62. The van der Waals surface area contributed by atoms with E-state index in [9.17, 15) is 15.0 Å². The van der Waals surface area contributed by atoms with Crippen molar-refractivity contribution in [2.75, 3.05) is 13.7 Å². The van der Waals surface area contributed by atoms with E-state index < -0.39 is 29.8 Å². The third-order valence-electron chi connectivity index (χ3n) is 3.33. The van der Waals surface area contributed by atoms with Gasteiger partial charge in [0.2, 0.25) is 0 Å². The van der Waals surface area contributed by atoms with Gasteiger partial charge in [0.25, 0.3) is 0 Å². The summed E-state index contributed by atoms with van der Waals surface area (Å²) in [6.07, 6.45) is -2.06. The summed E-state index contributed by atoms with van der Waals surface area (Å²) in [7, 11) is 1.48. The second-order valence-corrected chi connectivity index (χ2v) is 4.51. The van der Waals surface area contributed by atoms with Crippen molar-refractivity contribution in [2.24, 2.45) is 5.41 Å². The zero-order chi connectivity index (χ0) is 12.3. The minimum Gasteiger partial charge on any atom is -0.390 e. The van der Waals surface area contributed by atoms with Gasteiger partial charge in [0.1, 0.15) is 18.5 Å². The first-order valence-electron chi connectivity index (χ1n) is 5.47. The van der Waals surface area contributed by atoms with E-state index in [-0.39, 0.29) is 6.61 Å². The van der Waals surface area contributed by atoms with E-state index in [1.54, 1.807) is 6.92 Å². The predicted octanol–water partition coefficient (Wildman–Crippen LogP) is -0.263. The van der Waals surface area contributed by atoms with Crippen LogP contribution in [0.15, 0.2) is 0 Å². The molecule has 0 radical (unpaired) electrons. The lowest BCUT2D eigenvalue weighted by molar-refractivity contribution is -0.237. The fourth-order valence-corrected chi connectivity index (χ4v) is 2.19. The SMILES string of the molecule is CCC1OC(C=O)C(C)(COC)C(O)C1O. The van der Waals surface area contributed by atoms with Gasteiger partial charge in [0.05, 0.1) is 24.2 Å². The van der Waals surface area contributed by atoms with Gasteiger partial charge < -0.3 is 24.5 Å². The van der Waals surface area contributed by atoms with Gasteiger partial charge in [-0.1, -0.05) is 13.8 Å². The van der Waals surface area contributed by atoms with Crippen LogP contribution in [0.25, 0.3) is 0 Å². The third-order valence-corrected chi connectivity index (χ3v) is 3.33. The maximum atomic E-state index is 11.0. The van der Waals surface area contributed by atoms with Gasteiger partial charge in [-0.25, -0.2) is 0 Å². The van der Waals surface area contributed by atoms with Crippen molar-refractivity contribution in [3.05, 3.63) is 0 Å². The molecule has 0 aromatic heterocycles. The Balaban J connectivity index is 2.94. The molecule has 1 heterocycles. The highest BCUT2D eigenvalue weighted by molar-refractivity contribution is 5.58. The van der Waals surface area contributed by atoms with Crippen LogP contribution in [0.5, 0.6) is 0 Å². The number of aliphatic hydroxyl groups is 2. The highest BCUT2D eigenvalue weighted by Gasteiger charge is 2.52. The molecule has 94 valence electrons. The van der Waals surface area contributed by atoms with Crippen molar-refractivity contribution in [1.82, 2.24) is 0 Å². The second-order valence-electron chi connectivity index (χ2n) is 4.51. The van der Waals surface area contributed by atoms with Gasteiger partial charge in [-0.2, -0.15) is 0 Å². The predicted molar refractivity (Wildman–Crippen MR) is 57.0 cm³/mol. The molecule has 1 fully saturated rings. The molecule has 0 aromatic carbocycles. The fourth-order valence-electron chi connectivity index (χ4n) is 2.19. The zero-order valence-corrected chi connectivity index (χ0v) is 9.92. The van der Waals surface area contributed by atoms with E-state index in [0.29, 0.717) is 12.7 Å². The van der Waals surface area contributed by atoms with Crippen LogP contribution < -0.4 is 0 Å². The van der Waals surface area contributed by atoms with E-state index >= 15 is 0 Å². The van der Waals surface area contributed by atoms with Crippen molar-refractivity contribution in [1.29, 1.82) is 0 Å². The number of aldehydes is 1. The lowest BCUT2D eigenvalue weighted by Gasteiger charge is -2.47. The van der Waals surface area contributed by atoms with Crippen molar-refractivity contribution in [3.63, 3.8) is 0 Å². The molecule has 5 heteroatoms. The number of aliphatic hydroxyl groups excluding tert-OH is 2. The first-order chi connectivity index (χ1) is 7.51. The van der Waals surface area contributed by atoms with Crippen molar-refractivity contribution >= 4 is 6.29 Å². The molecule has 1 rings (SSSR count). The largest absolute Gasteiger partial charge is 0.390 e. The van der Waals surface area contributed by atoms with Crippen LogP contribution in [0.2, 0.25) is 0 Å². The second kappa shape index (κ2) is 5.23. The maximum Gasteiger partial charge on any atom is 0.149 e. The molecule has 5 unspecified atom stereocenters. The molecule has 0 bridgehead atoms. The number of hydrogen-bond acceptors (Lipinski definition) is 5. The maximum absolute atomic E-state index is 11.0. The molecule has 1 aliphatic heterocycles. The van der Waals surface area contributed by atoms with Crippen molar-refractivity contribution < 1.29 is 24.5 Å². The van der Waals surface area contributed by atoms with Gasteiger partial charge >= 0.3 is 0 Å². The average Bonchev–Trinajstić information content (AvgIpc) is 2.27. The summed E-state index contributed by atoms with van der Waals surface area (Å²) in [6, 6.07) is 0. The summed E-state index contributed by atoms with van der Waals surface area (Å²) in [5.74, 6) is 0. The molecule has 2 N–H and O–H groups in total. The number of carbonyl (C=O) groups is 1. The molecule has 5 nitrogen and oxygen atoms in total. The van der Waals surface area contributed by atoms with Gasteiger partial charge in [-0.05, 0) is 6.42 Å². The molecule has 0 amide bonds. The van der Waals surface area contributed by atoms with Crippen LogP contribution in [0, 0.1) is 5.41 Å². The first-order valence-corrected chi connectivity index (χ1v) is 5.47. The minimum atomic E-state index is -1.03. The van der Waals surface area contributed by atoms with Crippen molar-refractivity contribution in [2.45, 2.75) is 44.7 Å². The smallest absolute Gasteiger partial charge is 0.149 e. The Hall–Kier alpha value is -0.490. The molecule has 16 heavy (non-hydrogen) atoms. The van der Waals surface area contributed by atoms with Crippen LogP contribution in [0.3, 0.4) is 0 Å². The average molecular weight is 232 g/mol. The van der Waals surface area contributed by atoms with Crippen LogP contribution in [-0.2, 0) is 14.3 Å². The quantitative estimate of drug-likeness (QED) is 0.653. The number of methoxy groups -OCH3 is 1. The van der Waals surface area contributed by atoms with Crippen LogP contribution in [0.4, 0.5) is 0 Å². The third kappa shape index (κ3) is 2.13. The summed E-state index contributed by atoms with van der Waals surface area (Å²) in [6.45, 7) is 3.67. The number of rotatable bonds is 4. The van der Waals surface area contributed by atoms with Crippen LogP contribution >= 0.6 is 0 Å². The lowest BCUT2D eigenvalue weighted by atomic mass is 9.74. The fraction of sp³-hybridized carbons (Fsp3) is 0.909. The molecule has 0 aromatic rings. The summed E-state index contributed by atoms with van der Waals surface area (Å²) >= 11 is 0. The highest BCUT2D eigenvalue weighted by atomic mass is 16.5. The zero-order valence-electron chi connectivity index (χ0n) is 9.92.